The molecule has 1 aliphatic rings. The second-order valence-electron chi connectivity index (χ2n) is 6.59. The van der Waals surface area contributed by atoms with Gasteiger partial charge in [-0.05, 0) is 38.1 Å². The summed E-state index contributed by atoms with van der Waals surface area (Å²) in [6, 6.07) is 12.2. The van der Waals surface area contributed by atoms with Crippen LogP contribution < -0.4 is 25.4 Å². The molecule has 1 heterocycles. The second kappa shape index (κ2) is 10.7. The average molecular weight is 420 g/mol. The molecule has 0 aromatic heterocycles. The summed E-state index contributed by atoms with van der Waals surface area (Å²) < 4.78 is 10.8. The number of amides is 2. The lowest BCUT2D eigenvalue weighted by molar-refractivity contribution is -0.120. The third-order valence-electron chi connectivity index (χ3n) is 4.77. The molecule has 3 rings (SSSR count). The fourth-order valence-corrected chi connectivity index (χ4v) is 3.20. The summed E-state index contributed by atoms with van der Waals surface area (Å²) in [5.74, 6) is 0.557. The smallest absolute Gasteiger partial charge is 0.255 e. The average Bonchev–Trinajstić information content (AvgIpc) is 2.75. The Balaban J connectivity index is 0.00000300. The van der Waals surface area contributed by atoms with Crippen molar-refractivity contribution >= 4 is 35.6 Å². The fraction of sp³-hybridized carbons (Fsp3) is 0.333. The maximum Gasteiger partial charge on any atom is 0.255 e. The Morgan fingerprint density at radius 3 is 2.03 bits per heavy atom. The van der Waals surface area contributed by atoms with Crippen LogP contribution in [0.4, 0.5) is 11.4 Å². The van der Waals surface area contributed by atoms with Gasteiger partial charge in [0.05, 0.1) is 25.6 Å². The number of benzene rings is 2. The Bertz CT molecular complexity index is 839. The van der Waals surface area contributed by atoms with Crippen molar-refractivity contribution in [3.8, 4) is 11.5 Å². The van der Waals surface area contributed by atoms with Crippen molar-refractivity contribution in [2.45, 2.75) is 12.8 Å². The molecule has 1 fully saturated rings. The van der Waals surface area contributed by atoms with Gasteiger partial charge in [-0.3, -0.25) is 9.59 Å². The Morgan fingerprint density at radius 2 is 1.48 bits per heavy atom. The predicted octanol–water partition coefficient (Wildman–Crippen LogP) is 3.32. The number of methoxy groups -OCH3 is 2. The van der Waals surface area contributed by atoms with Crippen molar-refractivity contribution in [3.05, 3.63) is 48.0 Å². The highest BCUT2D eigenvalue weighted by Crippen LogP contribution is 2.37. The number of ether oxygens (including phenoxy) is 2. The number of carbonyl (C=O) groups excluding carboxylic acids is 2. The molecular formula is C21H26ClN3O4. The highest BCUT2D eigenvalue weighted by Gasteiger charge is 2.23. The molecule has 1 aliphatic heterocycles. The minimum atomic E-state index is -0.257. The molecular weight excluding hydrogens is 394 g/mol. The standard InChI is InChI=1S/C21H25N3O4.ClH/c1-27-18-13-17(24-21(26)15-8-10-22-11-9-15)19(28-2)12-16(18)23-20(25)14-6-4-3-5-7-14;/h3-7,12-13,15,22H,8-11H2,1-2H3,(H,23,25)(H,24,26);1H. The number of carbonyl (C=O) groups is 2. The minimum absolute atomic E-state index is 0. The van der Waals surface area contributed by atoms with Crippen molar-refractivity contribution in [1.82, 2.24) is 5.32 Å². The number of rotatable bonds is 6. The molecule has 7 nitrogen and oxygen atoms in total. The topological polar surface area (TPSA) is 88.7 Å². The summed E-state index contributed by atoms with van der Waals surface area (Å²) in [6.45, 7) is 1.67. The second-order valence-corrected chi connectivity index (χ2v) is 6.59. The molecule has 156 valence electrons. The van der Waals surface area contributed by atoms with Gasteiger partial charge in [-0.25, -0.2) is 0 Å². The van der Waals surface area contributed by atoms with Gasteiger partial charge in [0, 0.05) is 23.6 Å². The van der Waals surface area contributed by atoms with Crippen LogP contribution in [0.2, 0.25) is 0 Å². The number of halogens is 1. The molecule has 0 unspecified atom stereocenters. The van der Waals surface area contributed by atoms with E-state index < -0.39 is 0 Å². The van der Waals surface area contributed by atoms with E-state index in [1.807, 2.05) is 6.07 Å². The first-order valence-corrected chi connectivity index (χ1v) is 9.26. The molecule has 0 bridgehead atoms. The van der Waals surface area contributed by atoms with E-state index in [9.17, 15) is 9.59 Å². The zero-order valence-electron chi connectivity index (χ0n) is 16.5. The third kappa shape index (κ3) is 5.62. The molecule has 8 heteroatoms. The minimum Gasteiger partial charge on any atom is -0.494 e. The van der Waals surface area contributed by atoms with Gasteiger partial charge in [0.25, 0.3) is 5.91 Å². The Kier molecular flexibility index (Phi) is 8.30. The number of piperidine rings is 1. The molecule has 1 saturated heterocycles. The monoisotopic (exact) mass is 419 g/mol. The molecule has 2 aromatic rings. The van der Waals surface area contributed by atoms with Gasteiger partial charge in [0.2, 0.25) is 5.91 Å². The first kappa shape index (κ1) is 22.5. The number of nitrogens with one attached hydrogen (secondary N) is 3. The van der Waals surface area contributed by atoms with E-state index in [-0.39, 0.29) is 30.1 Å². The lowest BCUT2D eigenvalue weighted by Gasteiger charge is -2.23. The number of anilines is 2. The van der Waals surface area contributed by atoms with Gasteiger partial charge in [0.15, 0.2) is 0 Å². The SMILES string of the molecule is COc1cc(NC(=O)C2CCNCC2)c(OC)cc1NC(=O)c1ccccc1.Cl. The van der Waals surface area contributed by atoms with Crippen LogP contribution in [0.15, 0.2) is 42.5 Å². The zero-order chi connectivity index (χ0) is 19.9. The van der Waals surface area contributed by atoms with Crippen molar-refractivity contribution in [3.63, 3.8) is 0 Å². The Morgan fingerprint density at radius 1 is 0.931 bits per heavy atom. The van der Waals surface area contributed by atoms with Crippen LogP contribution >= 0.6 is 12.4 Å². The molecule has 0 aliphatic carbocycles. The molecule has 2 aromatic carbocycles. The van der Waals surface area contributed by atoms with Crippen molar-refractivity contribution in [1.29, 1.82) is 0 Å². The van der Waals surface area contributed by atoms with Gasteiger partial charge in [-0.15, -0.1) is 12.4 Å². The molecule has 0 spiro atoms. The summed E-state index contributed by atoms with van der Waals surface area (Å²) in [5.41, 5.74) is 1.51. The van der Waals surface area contributed by atoms with Crippen LogP contribution in [0.1, 0.15) is 23.2 Å². The van der Waals surface area contributed by atoms with Crippen LogP contribution in [0.25, 0.3) is 0 Å². The third-order valence-corrected chi connectivity index (χ3v) is 4.77. The summed E-state index contributed by atoms with van der Waals surface area (Å²) in [7, 11) is 3.03. The van der Waals surface area contributed by atoms with E-state index >= 15 is 0 Å². The first-order valence-electron chi connectivity index (χ1n) is 9.26. The highest BCUT2D eigenvalue weighted by molar-refractivity contribution is 6.05. The van der Waals surface area contributed by atoms with E-state index in [4.69, 9.17) is 9.47 Å². The van der Waals surface area contributed by atoms with Crippen LogP contribution in [0, 0.1) is 5.92 Å². The Hall–Kier alpha value is -2.77. The summed E-state index contributed by atoms with van der Waals surface area (Å²) in [5, 5.41) is 9.01. The molecule has 0 radical (unpaired) electrons. The molecule has 0 atom stereocenters. The van der Waals surface area contributed by atoms with E-state index in [1.165, 1.54) is 14.2 Å². The van der Waals surface area contributed by atoms with Gasteiger partial charge < -0.3 is 25.4 Å². The van der Waals surface area contributed by atoms with E-state index in [1.54, 1.807) is 36.4 Å². The zero-order valence-corrected chi connectivity index (χ0v) is 17.3. The van der Waals surface area contributed by atoms with Crippen LogP contribution in [-0.2, 0) is 4.79 Å². The van der Waals surface area contributed by atoms with Crippen LogP contribution in [0.5, 0.6) is 11.5 Å². The number of hydrogen-bond donors (Lipinski definition) is 3. The molecule has 2 amide bonds. The highest BCUT2D eigenvalue weighted by atomic mass is 35.5. The molecule has 29 heavy (non-hydrogen) atoms. The van der Waals surface area contributed by atoms with Crippen LogP contribution in [0.3, 0.4) is 0 Å². The van der Waals surface area contributed by atoms with Crippen molar-refractivity contribution in [2.75, 3.05) is 37.9 Å². The van der Waals surface area contributed by atoms with Gasteiger partial charge in [-0.2, -0.15) is 0 Å². The first-order chi connectivity index (χ1) is 13.6. The summed E-state index contributed by atoms with van der Waals surface area (Å²) >= 11 is 0. The maximum atomic E-state index is 12.6. The quantitative estimate of drug-likeness (QED) is 0.668. The van der Waals surface area contributed by atoms with Crippen molar-refractivity contribution < 1.29 is 19.1 Å². The largest absolute Gasteiger partial charge is 0.494 e. The predicted molar refractivity (Wildman–Crippen MR) is 115 cm³/mol. The van der Waals surface area contributed by atoms with E-state index in [0.29, 0.717) is 28.4 Å². The number of hydrogen-bond acceptors (Lipinski definition) is 5. The summed E-state index contributed by atoms with van der Waals surface area (Å²) in [4.78, 5) is 25.0. The van der Waals surface area contributed by atoms with Crippen LogP contribution in [-0.4, -0.2) is 39.1 Å². The van der Waals surface area contributed by atoms with Gasteiger partial charge in [0.1, 0.15) is 11.5 Å². The maximum absolute atomic E-state index is 12.6. The molecule has 3 N–H and O–H groups in total. The van der Waals surface area contributed by atoms with Gasteiger partial charge >= 0.3 is 0 Å². The Labute approximate surface area is 176 Å². The fourth-order valence-electron chi connectivity index (χ4n) is 3.20. The lowest BCUT2D eigenvalue weighted by Crippen LogP contribution is -2.34. The summed E-state index contributed by atoms with van der Waals surface area (Å²) in [6.07, 6.45) is 1.60. The normalized spacial score (nSPS) is 13.7. The van der Waals surface area contributed by atoms with Crippen molar-refractivity contribution in [2.24, 2.45) is 5.92 Å². The lowest BCUT2D eigenvalue weighted by atomic mass is 9.97. The van der Waals surface area contributed by atoms with E-state index in [0.717, 1.165) is 25.9 Å². The van der Waals surface area contributed by atoms with E-state index in [2.05, 4.69) is 16.0 Å². The molecule has 0 saturated carbocycles. The van der Waals surface area contributed by atoms with Gasteiger partial charge in [-0.1, -0.05) is 18.2 Å².